The molecule has 0 aromatic carbocycles. The Kier molecular flexibility index (Phi) is 4.45. The largest absolute Gasteiger partial charge is 0.381 e. The summed E-state index contributed by atoms with van der Waals surface area (Å²) in [5.74, 6) is 1.86. The molecule has 0 aromatic heterocycles. The summed E-state index contributed by atoms with van der Waals surface area (Å²) >= 11 is 0. The Labute approximate surface area is 93.8 Å². The summed E-state index contributed by atoms with van der Waals surface area (Å²) in [5, 5.41) is 3.71. The van der Waals surface area contributed by atoms with Gasteiger partial charge in [0.15, 0.2) is 0 Å². The second kappa shape index (κ2) is 5.86. The van der Waals surface area contributed by atoms with Crippen LogP contribution in [0.4, 0.5) is 0 Å². The van der Waals surface area contributed by atoms with Crippen LogP contribution in [0, 0.1) is 11.8 Å². The molecule has 15 heavy (non-hydrogen) atoms. The first-order valence-electron chi connectivity index (χ1n) is 6.71. The van der Waals surface area contributed by atoms with Gasteiger partial charge in [-0.05, 0) is 44.1 Å². The van der Waals surface area contributed by atoms with Crippen LogP contribution in [0.25, 0.3) is 0 Å². The molecule has 2 nitrogen and oxygen atoms in total. The molecule has 0 bridgehead atoms. The molecule has 1 N–H and O–H groups in total. The van der Waals surface area contributed by atoms with Gasteiger partial charge >= 0.3 is 0 Å². The summed E-state index contributed by atoms with van der Waals surface area (Å²) < 4.78 is 5.45. The molecule has 0 amide bonds. The fourth-order valence-corrected chi connectivity index (χ4v) is 2.60. The molecular weight excluding hydrogens is 186 g/mol. The predicted octanol–water partition coefficient (Wildman–Crippen LogP) is 2.58. The summed E-state index contributed by atoms with van der Waals surface area (Å²) in [6.07, 6.45) is 8.31. The van der Waals surface area contributed by atoms with E-state index in [1.54, 1.807) is 0 Å². The van der Waals surface area contributed by atoms with Crippen LogP contribution in [0.2, 0.25) is 0 Å². The summed E-state index contributed by atoms with van der Waals surface area (Å²) in [6, 6.07) is 0.701. The summed E-state index contributed by atoms with van der Waals surface area (Å²) in [6.45, 7) is 5.46. The van der Waals surface area contributed by atoms with Crippen LogP contribution in [-0.4, -0.2) is 25.8 Å². The first-order valence-corrected chi connectivity index (χ1v) is 6.71. The highest BCUT2D eigenvalue weighted by molar-refractivity contribution is 4.79. The lowest BCUT2D eigenvalue weighted by atomic mass is 9.97. The first-order chi connectivity index (χ1) is 7.40. The van der Waals surface area contributed by atoms with Crippen molar-refractivity contribution in [2.45, 2.75) is 51.5 Å². The van der Waals surface area contributed by atoms with E-state index in [1.807, 2.05) is 0 Å². The Bertz CT molecular complexity index is 173. The molecule has 1 aliphatic carbocycles. The summed E-state index contributed by atoms with van der Waals surface area (Å²) in [5.41, 5.74) is 0. The monoisotopic (exact) mass is 211 g/mol. The van der Waals surface area contributed by atoms with Crippen LogP contribution < -0.4 is 5.32 Å². The van der Waals surface area contributed by atoms with Crippen LogP contribution in [-0.2, 0) is 4.74 Å². The fourth-order valence-electron chi connectivity index (χ4n) is 2.60. The molecule has 2 fully saturated rings. The third-order valence-electron chi connectivity index (χ3n) is 3.87. The van der Waals surface area contributed by atoms with Gasteiger partial charge in [-0.25, -0.2) is 0 Å². The zero-order chi connectivity index (χ0) is 10.5. The highest BCUT2D eigenvalue weighted by atomic mass is 16.5. The van der Waals surface area contributed by atoms with Crippen LogP contribution in [0.15, 0.2) is 0 Å². The van der Waals surface area contributed by atoms with Crippen molar-refractivity contribution in [2.75, 3.05) is 19.8 Å². The Hall–Kier alpha value is -0.0800. The minimum atomic E-state index is 0.701. The second-order valence-corrected chi connectivity index (χ2v) is 5.18. The average molecular weight is 211 g/mol. The SMILES string of the molecule is CCC(NCCCC1CC1)C1CCOC1. The molecule has 1 aliphatic heterocycles. The molecule has 1 saturated carbocycles. The maximum Gasteiger partial charge on any atom is 0.0509 e. The lowest BCUT2D eigenvalue weighted by Crippen LogP contribution is -2.36. The van der Waals surface area contributed by atoms with Gasteiger partial charge in [0.05, 0.1) is 6.61 Å². The topological polar surface area (TPSA) is 21.3 Å². The highest BCUT2D eigenvalue weighted by Crippen LogP contribution is 2.33. The molecule has 2 aliphatic rings. The number of hydrogen-bond donors (Lipinski definition) is 1. The van der Waals surface area contributed by atoms with Crippen molar-refractivity contribution in [3.8, 4) is 0 Å². The third kappa shape index (κ3) is 3.76. The lowest BCUT2D eigenvalue weighted by molar-refractivity contribution is 0.175. The van der Waals surface area contributed by atoms with Crippen LogP contribution in [0.1, 0.15) is 45.4 Å². The smallest absolute Gasteiger partial charge is 0.0509 e. The Balaban J connectivity index is 1.56. The molecule has 2 heteroatoms. The van der Waals surface area contributed by atoms with Gasteiger partial charge < -0.3 is 10.1 Å². The van der Waals surface area contributed by atoms with Crippen molar-refractivity contribution >= 4 is 0 Å². The molecule has 88 valence electrons. The standard InChI is InChI=1S/C13H25NO/c1-2-13(12-7-9-15-10-12)14-8-3-4-11-5-6-11/h11-14H,2-10H2,1H3. The van der Waals surface area contributed by atoms with Gasteiger partial charge in [0, 0.05) is 12.6 Å². The van der Waals surface area contributed by atoms with Crippen LogP contribution in [0.3, 0.4) is 0 Å². The van der Waals surface area contributed by atoms with Gasteiger partial charge in [-0.15, -0.1) is 0 Å². The normalized spacial score (nSPS) is 28.2. The van der Waals surface area contributed by atoms with E-state index >= 15 is 0 Å². The Morgan fingerprint density at radius 3 is 2.80 bits per heavy atom. The Morgan fingerprint density at radius 2 is 2.20 bits per heavy atom. The van der Waals surface area contributed by atoms with E-state index in [9.17, 15) is 0 Å². The maximum atomic E-state index is 5.45. The first kappa shape index (κ1) is 11.4. The zero-order valence-corrected chi connectivity index (χ0v) is 10.0. The number of hydrogen-bond acceptors (Lipinski definition) is 2. The van der Waals surface area contributed by atoms with Crippen molar-refractivity contribution in [3.05, 3.63) is 0 Å². The van der Waals surface area contributed by atoms with E-state index in [0.29, 0.717) is 6.04 Å². The molecule has 0 radical (unpaired) electrons. The van der Waals surface area contributed by atoms with Crippen molar-refractivity contribution in [1.82, 2.24) is 5.32 Å². The number of ether oxygens (including phenoxy) is 1. The number of rotatable bonds is 7. The molecular formula is C13H25NO. The molecule has 0 aromatic rings. The zero-order valence-electron chi connectivity index (χ0n) is 10.0. The van der Waals surface area contributed by atoms with Crippen molar-refractivity contribution in [2.24, 2.45) is 11.8 Å². The highest BCUT2D eigenvalue weighted by Gasteiger charge is 2.24. The molecule has 2 atom stereocenters. The van der Waals surface area contributed by atoms with E-state index in [2.05, 4.69) is 12.2 Å². The maximum absolute atomic E-state index is 5.45. The summed E-state index contributed by atoms with van der Waals surface area (Å²) in [7, 11) is 0. The van der Waals surface area contributed by atoms with E-state index in [0.717, 1.165) is 25.0 Å². The fraction of sp³-hybridized carbons (Fsp3) is 1.00. The quantitative estimate of drug-likeness (QED) is 0.654. The second-order valence-electron chi connectivity index (χ2n) is 5.18. The van der Waals surface area contributed by atoms with Gasteiger partial charge in [-0.3, -0.25) is 0 Å². The van der Waals surface area contributed by atoms with Gasteiger partial charge in [-0.1, -0.05) is 19.8 Å². The summed E-state index contributed by atoms with van der Waals surface area (Å²) in [4.78, 5) is 0. The van der Waals surface area contributed by atoms with Crippen molar-refractivity contribution in [3.63, 3.8) is 0 Å². The third-order valence-corrected chi connectivity index (χ3v) is 3.87. The van der Waals surface area contributed by atoms with Gasteiger partial charge in [0.1, 0.15) is 0 Å². The number of nitrogens with one attached hydrogen (secondary N) is 1. The van der Waals surface area contributed by atoms with Gasteiger partial charge in [-0.2, -0.15) is 0 Å². The Morgan fingerprint density at radius 1 is 1.33 bits per heavy atom. The average Bonchev–Trinajstić information content (AvgIpc) is 2.92. The van der Waals surface area contributed by atoms with E-state index in [1.165, 1.54) is 45.1 Å². The van der Waals surface area contributed by atoms with Crippen molar-refractivity contribution in [1.29, 1.82) is 0 Å². The van der Waals surface area contributed by atoms with Crippen LogP contribution >= 0.6 is 0 Å². The van der Waals surface area contributed by atoms with Crippen molar-refractivity contribution < 1.29 is 4.74 Å². The molecule has 1 saturated heterocycles. The minimum Gasteiger partial charge on any atom is -0.381 e. The van der Waals surface area contributed by atoms with Gasteiger partial charge in [0.25, 0.3) is 0 Å². The van der Waals surface area contributed by atoms with E-state index in [-0.39, 0.29) is 0 Å². The lowest BCUT2D eigenvalue weighted by Gasteiger charge is -2.22. The van der Waals surface area contributed by atoms with Gasteiger partial charge in [0.2, 0.25) is 0 Å². The predicted molar refractivity (Wildman–Crippen MR) is 63.0 cm³/mol. The van der Waals surface area contributed by atoms with E-state index < -0.39 is 0 Å². The molecule has 2 rings (SSSR count). The molecule has 2 unspecified atom stereocenters. The molecule has 1 heterocycles. The minimum absolute atomic E-state index is 0.701. The molecule has 0 spiro atoms. The van der Waals surface area contributed by atoms with Crippen LogP contribution in [0.5, 0.6) is 0 Å². The van der Waals surface area contributed by atoms with E-state index in [4.69, 9.17) is 4.74 Å².